The van der Waals surface area contributed by atoms with Gasteiger partial charge in [-0.2, -0.15) is 0 Å². The van der Waals surface area contributed by atoms with E-state index in [1.165, 1.54) is 4.90 Å². The molecule has 7 heteroatoms. The predicted octanol–water partition coefficient (Wildman–Crippen LogP) is 3.74. The first-order valence-electron chi connectivity index (χ1n) is 9.80. The fourth-order valence-corrected chi connectivity index (χ4v) is 3.63. The van der Waals surface area contributed by atoms with Gasteiger partial charge in [0.2, 0.25) is 0 Å². The molecule has 0 aliphatic rings. The Balaban J connectivity index is 1.92. The molecule has 2 amide bonds. The fourth-order valence-electron chi connectivity index (χ4n) is 3.63. The van der Waals surface area contributed by atoms with Crippen molar-refractivity contribution in [3.05, 3.63) is 69.5 Å². The number of aliphatic hydroxyl groups excluding tert-OH is 1. The van der Waals surface area contributed by atoms with E-state index in [2.05, 4.69) is 10.3 Å². The lowest BCUT2D eigenvalue weighted by Gasteiger charge is -2.29. The van der Waals surface area contributed by atoms with E-state index in [0.29, 0.717) is 17.0 Å². The number of benzene rings is 2. The van der Waals surface area contributed by atoms with Crippen LogP contribution in [0.25, 0.3) is 10.9 Å². The molecule has 0 fully saturated rings. The average molecular weight is 409 g/mol. The average Bonchev–Trinajstić information content (AvgIpc) is 2.72. The number of nitrogens with one attached hydrogen (secondary N) is 2. The highest BCUT2D eigenvalue weighted by Crippen LogP contribution is 2.24. The van der Waals surface area contributed by atoms with Crippen molar-refractivity contribution in [2.75, 3.05) is 25.6 Å². The number of fused-ring (bicyclic) bond motifs is 1. The molecule has 2 aromatic carbocycles. The number of methoxy groups -OCH3 is 1. The third-order valence-electron chi connectivity index (χ3n) is 5.18. The van der Waals surface area contributed by atoms with E-state index in [4.69, 9.17) is 4.74 Å². The molecule has 0 aliphatic carbocycles. The van der Waals surface area contributed by atoms with E-state index in [1.807, 2.05) is 32.0 Å². The summed E-state index contributed by atoms with van der Waals surface area (Å²) in [6, 6.07) is 11.8. The van der Waals surface area contributed by atoms with E-state index in [1.54, 1.807) is 38.3 Å². The van der Waals surface area contributed by atoms with Crippen molar-refractivity contribution in [1.29, 1.82) is 0 Å². The number of rotatable bonds is 6. The maximum atomic E-state index is 12.9. The molecule has 3 N–H and O–H groups in total. The minimum absolute atomic E-state index is 0.0908. The van der Waals surface area contributed by atoms with Gasteiger partial charge in [0.25, 0.3) is 5.56 Å². The maximum absolute atomic E-state index is 12.9. The molecule has 1 heterocycles. The molecule has 30 heavy (non-hydrogen) atoms. The van der Waals surface area contributed by atoms with Gasteiger partial charge in [-0.15, -0.1) is 0 Å². The summed E-state index contributed by atoms with van der Waals surface area (Å²) in [7, 11) is 1.57. The second-order valence-corrected chi connectivity index (χ2v) is 7.35. The number of amides is 2. The Kier molecular flexibility index (Phi) is 6.42. The monoisotopic (exact) mass is 409 g/mol. The highest BCUT2D eigenvalue weighted by molar-refractivity contribution is 5.90. The van der Waals surface area contributed by atoms with E-state index in [-0.39, 0.29) is 18.7 Å². The van der Waals surface area contributed by atoms with Gasteiger partial charge in [-0.3, -0.25) is 4.79 Å². The number of ether oxygens (including phenoxy) is 1. The third kappa shape index (κ3) is 4.46. The normalized spacial score (nSPS) is 11.9. The smallest absolute Gasteiger partial charge is 0.322 e. The molecule has 1 aromatic heterocycles. The van der Waals surface area contributed by atoms with Crippen molar-refractivity contribution in [1.82, 2.24) is 9.88 Å². The van der Waals surface area contributed by atoms with Crippen LogP contribution in [0.4, 0.5) is 10.5 Å². The third-order valence-corrected chi connectivity index (χ3v) is 5.18. The van der Waals surface area contributed by atoms with E-state index in [0.717, 1.165) is 22.0 Å². The number of aliphatic hydroxyl groups is 1. The van der Waals surface area contributed by atoms with Crippen LogP contribution in [0.15, 0.2) is 47.3 Å². The van der Waals surface area contributed by atoms with Crippen LogP contribution in [0.2, 0.25) is 0 Å². The van der Waals surface area contributed by atoms with Crippen molar-refractivity contribution >= 4 is 22.6 Å². The van der Waals surface area contributed by atoms with Crippen LogP contribution < -0.4 is 15.6 Å². The van der Waals surface area contributed by atoms with Gasteiger partial charge >= 0.3 is 6.03 Å². The number of H-pyrrole nitrogens is 1. The van der Waals surface area contributed by atoms with Crippen LogP contribution in [-0.4, -0.2) is 41.3 Å². The maximum Gasteiger partial charge on any atom is 0.322 e. The molecule has 1 atom stereocenters. The zero-order valence-electron chi connectivity index (χ0n) is 17.7. The van der Waals surface area contributed by atoms with Crippen LogP contribution in [0.5, 0.6) is 5.75 Å². The summed E-state index contributed by atoms with van der Waals surface area (Å²) in [5, 5.41) is 13.2. The first kappa shape index (κ1) is 21.4. The zero-order chi connectivity index (χ0) is 21.8. The Morgan fingerprint density at radius 3 is 2.53 bits per heavy atom. The molecular formula is C23H27N3O4. The van der Waals surface area contributed by atoms with Crippen molar-refractivity contribution in [2.45, 2.75) is 26.8 Å². The number of aromatic nitrogens is 1. The lowest BCUT2D eigenvalue weighted by molar-refractivity contribution is 0.167. The number of carbonyl (C=O) groups excluding carboxylic acids is 1. The second kappa shape index (κ2) is 9.00. The minimum Gasteiger partial charge on any atom is -0.497 e. The van der Waals surface area contributed by atoms with Crippen LogP contribution >= 0.6 is 0 Å². The van der Waals surface area contributed by atoms with Gasteiger partial charge in [0.15, 0.2) is 0 Å². The Hall–Kier alpha value is -3.32. The fraction of sp³-hybridized carbons (Fsp3) is 0.304. The molecule has 0 aliphatic heterocycles. The summed E-state index contributed by atoms with van der Waals surface area (Å²) in [5.74, 6) is 0.682. The van der Waals surface area contributed by atoms with Crippen LogP contribution in [0, 0.1) is 13.8 Å². The number of hydrogen-bond donors (Lipinski definition) is 3. The van der Waals surface area contributed by atoms with Crippen LogP contribution in [0.3, 0.4) is 0 Å². The second-order valence-electron chi connectivity index (χ2n) is 7.35. The number of nitrogens with zero attached hydrogens (tertiary/aromatic N) is 1. The molecule has 1 unspecified atom stereocenters. The standard InChI is InChI=1S/C23H27N3O4/c1-14-11-15(2)21-17(12-14)13-20(22(28)25-21)16(3)26(9-10-27)23(29)24-18-5-7-19(30-4)8-6-18/h5-8,11-13,16,27H,9-10H2,1-4H3,(H,24,29)(H,25,28). The molecule has 0 radical (unpaired) electrons. The summed E-state index contributed by atoms with van der Waals surface area (Å²) in [4.78, 5) is 30.1. The molecule has 3 aromatic rings. The Morgan fingerprint density at radius 2 is 1.90 bits per heavy atom. The van der Waals surface area contributed by atoms with Crippen LogP contribution in [0.1, 0.15) is 29.7 Å². The van der Waals surface area contributed by atoms with E-state index in [9.17, 15) is 14.7 Å². The Morgan fingerprint density at radius 1 is 1.20 bits per heavy atom. The van der Waals surface area contributed by atoms with Crippen LogP contribution in [-0.2, 0) is 0 Å². The molecule has 0 bridgehead atoms. The van der Waals surface area contributed by atoms with E-state index < -0.39 is 12.1 Å². The Bertz CT molecular complexity index is 1110. The molecule has 3 rings (SSSR count). The van der Waals surface area contributed by atoms with Gasteiger partial charge in [-0.05, 0) is 68.1 Å². The molecular weight excluding hydrogens is 382 g/mol. The molecule has 7 nitrogen and oxygen atoms in total. The molecule has 0 spiro atoms. The summed E-state index contributed by atoms with van der Waals surface area (Å²) >= 11 is 0. The zero-order valence-corrected chi connectivity index (χ0v) is 17.7. The lowest BCUT2D eigenvalue weighted by Crippen LogP contribution is -2.40. The minimum atomic E-state index is -0.538. The van der Waals surface area contributed by atoms with Gasteiger partial charge < -0.3 is 25.0 Å². The first-order valence-corrected chi connectivity index (χ1v) is 9.80. The summed E-state index contributed by atoms with van der Waals surface area (Å²) in [5.41, 5.74) is 3.68. The van der Waals surface area contributed by atoms with E-state index >= 15 is 0 Å². The van der Waals surface area contributed by atoms with Crippen molar-refractivity contribution in [3.8, 4) is 5.75 Å². The number of aryl methyl sites for hydroxylation is 2. The summed E-state index contributed by atoms with van der Waals surface area (Å²) in [6.45, 7) is 5.61. The van der Waals surface area contributed by atoms with Crippen molar-refractivity contribution in [3.63, 3.8) is 0 Å². The van der Waals surface area contributed by atoms with Gasteiger partial charge in [0, 0.05) is 17.8 Å². The number of urea groups is 1. The Labute approximate surface area is 175 Å². The quantitative estimate of drug-likeness (QED) is 0.578. The summed E-state index contributed by atoms with van der Waals surface area (Å²) < 4.78 is 5.13. The molecule has 0 saturated carbocycles. The van der Waals surface area contributed by atoms with Gasteiger partial charge in [-0.25, -0.2) is 4.79 Å². The van der Waals surface area contributed by atoms with Gasteiger partial charge in [0.05, 0.1) is 25.3 Å². The SMILES string of the molecule is COc1ccc(NC(=O)N(CCO)C(C)c2cc3cc(C)cc(C)c3[nH]c2=O)cc1. The lowest BCUT2D eigenvalue weighted by atomic mass is 10.0. The highest BCUT2D eigenvalue weighted by atomic mass is 16.5. The predicted molar refractivity (Wildman–Crippen MR) is 118 cm³/mol. The molecule has 0 saturated heterocycles. The largest absolute Gasteiger partial charge is 0.497 e. The van der Waals surface area contributed by atoms with Crippen molar-refractivity contribution in [2.24, 2.45) is 0 Å². The topological polar surface area (TPSA) is 94.7 Å². The first-order chi connectivity index (χ1) is 14.3. The van der Waals surface area contributed by atoms with Gasteiger partial charge in [-0.1, -0.05) is 11.6 Å². The number of pyridine rings is 1. The van der Waals surface area contributed by atoms with Gasteiger partial charge in [0.1, 0.15) is 5.75 Å². The number of carbonyl (C=O) groups is 1. The highest BCUT2D eigenvalue weighted by Gasteiger charge is 2.24. The van der Waals surface area contributed by atoms with Crippen molar-refractivity contribution < 1.29 is 14.6 Å². The number of hydrogen-bond acceptors (Lipinski definition) is 4. The number of anilines is 1. The summed E-state index contributed by atoms with van der Waals surface area (Å²) in [6.07, 6.45) is 0. The number of aromatic amines is 1. The molecule has 158 valence electrons.